The fourth-order valence-corrected chi connectivity index (χ4v) is 4.18. The van der Waals surface area contributed by atoms with Crippen LogP contribution in [0.15, 0.2) is 41.3 Å². The molecule has 1 atom stereocenters. The fraction of sp³-hybridized carbons (Fsp3) is 0.250. The molecule has 32 heavy (non-hydrogen) atoms. The van der Waals surface area contributed by atoms with E-state index < -0.39 is 44.4 Å². The summed E-state index contributed by atoms with van der Waals surface area (Å²) in [5.41, 5.74) is -0.293. The molecule has 0 radical (unpaired) electrons. The molecule has 1 heterocycles. The standard InChI is InChI=1S/C20H20N4O7S/c1-11-8-9-13(32(30,31)22(3)4)10-15(11)21-18(25)12(2)23-19(26)14-6-5-7-16(24(28)29)17(14)20(23)27/h5-10,12H,1-4H3,(H,21,25)/t12-/m0/s1. The minimum absolute atomic E-state index is 0.0487. The first-order valence-electron chi connectivity index (χ1n) is 9.37. The van der Waals surface area contributed by atoms with E-state index >= 15 is 0 Å². The molecule has 1 aliphatic rings. The van der Waals surface area contributed by atoms with Gasteiger partial charge < -0.3 is 5.32 Å². The third-order valence-corrected chi connectivity index (χ3v) is 6.94. The number of hydrogen-bond acceptors (Lipinski definition) is 7. The SMILES string of the molecule is Cc1ccc(S(=O)(=O)N(C)C)cc1NC(=O)[C@H](C)N1C(=O)c2cccc([N+](=O)[O-])c2C1=O. The monoisotopic (exact) mass is 460 g/mol. The number of aryl methyl sites for hydroxylation is 1. The summed E-state index contributed by atoms with van der Waals surface area (Å²) in [7, 11) is -1.01. The molecule has 0 fully saturated rings. The molecule has 3 rings (SSSR count). The van der Waals surface area contributed by atoms with Gasteiger partial charge in [-0.1, -0.05) is 12.1 Å². The van der Waals surface area contributed by atoms with Crippen LogP contribution in [0.1, 0.15) is 33.2 Å². The lowest BCUT2D eigenvalue weighted by molar-refractivity contribution is -0.385. The van der Waals surface area contributed by atoms with Crippen molar-refractivity contribution in [2.24, 2.45) is 0 Å². The van der Waals surface area contributed by atoms with Crippen molar-refractivity contribution >= 4 is 39.1 Å². The molecule has 3 amide bonds. The number of nitrogens with zero attached hydrogens (tertiary/aromatic N) is 3. The molecule has 0 aliphatic carbocycles. The molecule has 0 saturated heterocycles. The Bertz CT molecular complexity index is 1270. The van der Waals surface area contributed by atoms with E-state index in [4.69, 9.17) is 0 Å². The van der Waals surface area contributed by atoms with Crippen molar-refractivity contribution in [1.82, 2.24) is 9.21 Å². The van der Waals surface area contributed by atoms with Gasteiger partial charge in [-0.05, 0) is 37.6 Å². The average Bonchev–Trinajstić information content (AvgIpc) is 2.99. The summed E-state index contributed by atoms with van der Waals surface area (Å²) in [6, 6.07) is 6.56. The molecule has 2 aromatic rings. The van der Waals surface area contributed by atoms with Crippen LogP contribution in [-0.2, 0) is 14.8 Å². The summed E-state index contributed by atoms with van der Waals surface area (Å²) in [6.07, 6.45) is 0. The van der Waals surface area contributed by atoms with Crippen molar-refractivity contribution in [3.05, 3.63) is 63.2 Å². The molecular formula is C20H20N4O7S. The summed E-state index contributed by atoms with van der Waals surface area (Å²) >= 11 is 0. The number of nitro benzene ring substituents is 1. The van der Waals surface area contributed by atoms with Crippen molar-refractivity contribution < 1.29 is 27.7 Å². The predicted molar refractivity (Wildman–Crippen MR) is 114 cm³/mol. The minimum Gasteiger partial charge on any atom is -0.324 e. The van der Waals surface area contributed by atoms with E-state index in [1.807, 2.05) is 0 Å². The minimum atomic E-state index is -3.76. The molecule has 0 bridgehead atoms. The molecule has 0 spiro atoms. The van der Waals surface area contributed by atoms with Gasteiger partial charge in [0, 0.05) is 25.8 Å². The van der Waals surface area contributed by atoms with E-state index in [0.717, 1.165) is 10.4 Å². The smallest absolute Gasteiger partial charge is 0.282 e. The highest BCUT2D eigenvalue weighted by atomic mass is 32.2. The topological polar surface area (TPSA) is 147 Å². The normalized spacial score (nSPS) is 14.5. The highest BCUT2D eigenvalue weighted by molar-refractivity contribution is 7.89. The first kappa shape index (κ1) is 23.0. The predicted octanol–water partition coefficient (Wildman–Crippen LogP) is 1.78. The van der Waals surface area contributed by atoms with Crippen molar-refractivity contribution in [2.45, 2.75) is 24.8 Å². The van der Waals surface area contributed by atoms with Crippen LogP contribution in [0.25, 0.3) is 0 Å². The Hall–Kier alpha value is -3.64. The second-order valence-electron chi connectivity index (χ2n) is 7.37. The number of carbonyl (C=O) groups excluding carboxylic acids is 3. The molecule has 0 unspecified atom stereocenters. The Labute approximate surface area is 183 Å². The first-order valence-corrected chi connectivity index (χ1v) is 10.8. The maximum atomic E-state index is 12.9. The van der Waals surface area contributed by atoms with Crippen LogP contribution in [0.2, 0.25) is 0 Å². The third-order valence-electron chi connectivity index (χ3n) is 5.13. The Morgan fingerprint density at radius 1 is 1.16 bits per heavy atom. The highest BCUT2D eigenvalue weighted by Crippen LogP contribution is 2.32. The van der Waals surface area contributed by atoms with Crippen LogP contribution in [0, 0.1) is 17.0 Å². The Kier molecular flexibility index (Phi) is 5.85. The van der Waals surface area contributed by atoms with Crippen LogP contribution in [0.3, 0.4) is 0 Å². The van der Waals surface area contributed by atoms with Crippen molar-refractivity contribution in [3.63, 3.8) is 0 Å². The number of amides is 3. The molecule has 1 aliphatic heterocycles. The molecular weight excluding hydrogens is 440 g/mol. The summed E-state index contributed by atoms with van der Waals surface area (Å²) in [6.45, 7) is 2.95. The van der Waals surface area contributed by atoms with Gasteiger partial charge in [-0.15, -0.1) is 0 Å². The van der Waals surface area contributed by atoms with E-state index in [1.54, 1.807) is 6.92 Å². The van der Waals surface area contributed by atoms with Gasteiger partial charge >= 0.3 is 0 Å². The van der Waals surface area contributed by atoms with Crippen LogP contribution >= 0.6 is 0 Å². The lowest BCUT2D eigenvalue weighted by Crippen LogP contribution is -2.45. The quantitative estimate of drug-likeness (QED) is 0.392. The Balaban J connectivity index is 1.91. The van der Waals surface area contributed by atoms with E-state index in [9.17, 15) is 32.9 Å². The highest BCUT2D eigenvalue weighted by Gasteiger charge is 2.44. The second-order valence-corrected chi connectivity index (χ2v) is 9.52. The number of carbonyl (C=O) groups is 3. The number of nitrogens with one attached hydrogen (secondary N) is 1. The van der Waals surface area contributed by atoms with Gasteiger partial charge in [0.2, 0.25) is 15.9 Å². The molecule has 1 N–H and O–H groups in total. The molecule has 0 saturated carbocycles. The maximum Gasteiger partial charge on any atom is 0.282 e. The lowest BCUT2D eigenvalue weighted by Gasteiger charge is -2.22. The summed E-state index contributed by atoms with van der Waals surface area (Å²) in [5, 5.41) is 13.8. The summed E-state index contributed by atoms with van der Waals surface area (Å²) in [4.78, 5) is 49.5. The number of benzene rings is 2. The van der Waals surface area contributed by atoms with Crippen LogP contribution < -0.4 is 5.32 Å². The van der Waals surface area contributed by atoms with Gasteiger partial charge in [0.25, 0.3) is 17.5 Å². The summed E-state index contributed by atoms with van der Waals surface area (Å²) in [5.74, 6) is -2.53. The average molecular weight is 460 g/mol. The number of imide groups is 1. The number of sulfonamides is 1. The molecule has 11 nitrogen and oxygen atoms in total. The maximum absolute atomic E-state index is 12.9. The van der Waals surface area contributed by atoms with E-state index in [-0.39, 0.29) is 21.7 Å². The van der Waals surface area contributed by atoms with Crippen LogP contribution in [0.4, 0.5) is 11.4 Å². The van der Waals surface area contributed by atoms with Gasteiger partial charge in [-0.3, -0.25) is 29.4 Å². The second kappa shape index (κ2) is 8.13. The van der Waals surface area contributed by atoms with Crippen molar-refractivity contribution in [3.8, 4) is 0 Å². The Morgan fingerprint density at radius 2 is 1.81 bits per heavy atom. The molecule has 168 valence electrons. The largest absolute Gasteiger partial charge is 0.324 e. The number of nitro groups is 1. The zero-order valence-electron chi connectivity index (χ0n) is 17.6. The van der Waals surface area contributed by atoms with Crippen molar-refractivity contribution in [2.75, 3.05) is 19.4 Å². The fourth-order valence-electron chi connectivity index (χ4n) is 3.25. The van der Waals surface area contributed by atoms with Crippen molar-refractivity contribution in [1.29, 1.82) is 0 Å². The third kappa shape index (κ3) is 3.74. The number of hydrogen-bond donors (Lipinski definition) is 1. The molecule has 12 heteroatoms. The van der Waals surface area contributed by atoms with Gasteiger partial charge in [0.15, 0.2) is 0 Å². The van der Waals surface area contributed by atoms with Gasteiger partial charge in [0.1, 0.15) is 11.6 Å². The van der Waals surface area contributed by atoms with Gasteiger partial charge in [0.05, 0.1) is 15.4 Å². The van der Waals surface area contributed by atoms with Gasteiger partial charge in [-0.25, -0.2) is 12.7 Å². The number of anilines is 1. The van der Waals surface area contributed by atoms with Crippen LogP contribution in [-0.4, -0.2) is 60.4 Å². The van der Waals surface area contributed by atoms with E-state index in [0.29, 0.717) is 10.5 Å². The molecule has 2 aromatic carbocycles. The van der Waals surface area contributed by atoms with E-state index in [2.05, 4.69) is 5.32 Å². The van der Waals surface area contributed by atoms with Gasteiger partial charge in [-0.2, -0.15) is 0 Å². The van der Waals surface area contributed by atoms with Crippen LogP contribution in [0.5, 0.6) is 0 Å². The number of rotatable bonds is 6. The zero-order valence-corrected chi connectivity index (χ0v) is 18.5. The summed E-state index contributed by atoms with van der Waals surface area (Å²) < 4.78 is 25.8. The van der Waals surface area contributed by atoms with E-state index in [1.165, 1.54) is 51.4 Å². The first-order chi connectivity index (χ1) is 14.9. The Morgan fingerprint density at radius 3 is 2.41 bits per heavy atom. The molecule has 0 aromatic heterocycles. The zero-order chi connectivity index (χ0) is 24.0. The number of fused-ring (bicyclic) bond motifs is 1. The lowest BCUT2D eigenvalue weighted by atomic mass is 10.1.